The molecular weight excluding hydrogens is 92.1 g/mol. The molecule has 0 aromatic rings. The van der Waals surface area contributed by atoms with Gasteiger partial charge in [-0.25, -0.2) is 0 Å². The fourth-order valence-corrected chi connectivity index (χ4v) is 0. The lowest BCUT2D eigenvalue weighted by molar-refractivity contribution is 0.318. The zero-order valence-electron chi connectivity index (χ0n) is 4.31. The van der Waals surface area contributed by atoms with Crippen LogP contribution >= 0.6 is 0 Å². The van der Waals surface area contributed by atoms with E-state index in [2.05, 4.69) is 0 Å². The Balaban J connectivity index is -0.0000000400. The highest BCUT2D eigenvalue weighted by atomic mass is 16.3. The molecular formula is C5H16O2. The number of aliphatic hydroxyl groups is 2. The van der Waals surface area contributed by atoms with Crippen LogP contribution in [-0.4, -0.2) is 23.4 Å². The van der Waals surface area contributed by atoms with Crippen LogP contribution in [-0.2, 0) is 0 Å². The molecule has 0 rings (SSSR count). The maximum Gasteiger partial charge on any atom is 0.0402 e. The minimum atomic E-state index is 0. The van der Waals surface area contributed by atoms with Crippen molar-refractivity contribution < 1.29 is 10.2 Å². The van der Waals surface area contributed by atoms with Crippen molar-refractivity contribution in [3.63, 3.8) is 0 Å². The van der Waals surface area contributed by atoms with Crippen molar-refractivity contribution in [3.8, 4) is 0 Å². The highest BCUT2D eigenvalue weighted by Gasteiger charge is 1.34. The van der Waals surface area contributed by atoms with Crippen LogP contribution < -0.4 is 0 Å². The van der Waals surface area contributed by atoms with E-state index in [1.54, 1.807) is 13.8 Å². The summed E-state index contributed by atoms with van der Waals surface area (Å²) in [5.74, 6) is 0. The van der Waals surface area contributed by atoms with E-state index < -0.39 is 0 Å². The summed E-state index contributed by atoms with van der Waals surface area (Å²) in [6, 6.07) is 0. The predicted molar refractivity (Wildman–Crippen MR) is 32.3 cm³/mol. The zero-order chi connectivity index (χ0) is 5.41. The molecule has 0 saturated carbocycles. The molecule has 0 radical (unpaired) electrons. The van der Waals surface area contributed by atoms with Gasteiger partial charge >= 0.3 is 0 Å². The van der Waals surface area contributed by atoms with Gasteiger partial charge in [0.15, 0.2) is 0 Å². The van der Waals surface area contributed by atoms with E-state index in [1.807, 2.05) is 0 Å². The molecule has 0 fully saturated rings. The van der Waals surface area contributed by atoms with Gasteiger partial charge in [0.1, 0.15) is 0 Å². The van der Waals surface area contributed by atoms with Crippen molar-refractivity contribution in [1.29, 1.82) is 0 Å². The van der Waals surface area contributed by atoms with Crippen LogP contribution in [0, 0.1) is 0 Å². The molecule has 0 atom stereocenters. The number of hydrogen-bond acceptors (Lipinski definition) is 2. The standard InChI is InChI=1S/2C2H6O.CH4/c2*1-2-3;/h2*3H,2H2,1H3;1H4. The molecule has 0 aliphatic carbocycles. The van der Waals surface area contributed by atoms with E-state index in [9.17, 15) is 0 Å². The molecule has 0 spiro atoms. The second-order valence-electron chi connectivity index (χ2n) is 0.632. The number of aliphatic hydroxyl groups excluding tert-OH is 2. The molecule has 0 aliphatic heterocycles. The minimum absolute atomic E-state index is 0. The quantitative estimate of drug-likeness (QED) is 0.478. The average molecular weight is 108 g/mol. The lowest BCUT2D eigenvalue weighted by atomic mass is 10.9. The van der Waals surface area contributed by atoms with Gasteiger partial charge in [0.25, 0.3) is 0 Å². The molecule has 2 nitrogen and oxygen atoms in total. The van der Waals surface area contributed by atoms with E-state index in [-0.39, 0.29) is 20.6 Å². The van der Waals surface area contributed by atoms with Crippen LogP contribution in [0.25, 0.3) is 0 Å². The molecule has 0 aliphatic rings. The molecule has 0 aromatic carbocycles. The number of hydrogen-bond donors (Lipinski definition) is 2. The summed E-state index contributed by atoms with van der Waals surface area (Å²) in [5, 5.41) is 15.1. The first-order chi connectivity index (χ1) is 2.83. The summed E-state index contributed by atoms with van der Waals surface area (Å²) >= 11 is 0. The molecule has 0 unspecified atom stereocenters. The molecule has 48 valence electrons. The van der Waals surface area contributed by atoms with Gasteiger partial charge in [-0.3, -0.25) is 0 Å². The Hall–Kier alpha value is -0.0800. The molecule has 7 heavy (non-hydrogen) atoms. The highest BCUT2D eigenvalue weighted by Crippen LogP contribution is 1.30. The van der Waals surface area contributed by atoms with Crippen molar-refractivity contribution in [2.75, 3.05) is 13.2 Å². The van der Waals surface area contributed by atoms with Gasteiger partial charge in [0.05, 0.1) is 0 Å². The van der Waals surface area contributed by atoms with Gasteiger partial charge in [-0.2, -0.15) is 0 Å². The molecule has 0 amide bonds. The first kappa shape index (κ1) is 15.8. The first-order valence-electron chi connectivity index (χ1n) is 2.05. The third kappa shape index (κ3) is 14200. The Kier molecular flexibility index (Phi) is 87.6. The Morgan fingerprint density at radius 2 is 1.00 bits per heavy atom. The smallest absolute Gasteiger partial charge is 0.0402 e. The Morgan fingerprint density at radius 3 is 1.00 bits per heavy atom. The van der Waals surface area contributed by atoms with Crippen molar-refractivity contribution in [3.05, 3.63) is 0 Å². The van der Waals surface area contributed by atoms with Crippen molar-refractivity contribution in [2.24, 2.45) is 0 Å². The Bertz CT molecular complexity index is 8.04. The molecule has 0 heterocycles. The van der Waals surface area contributed by atoms with E-state index in [0.717, 1.165) is 0 Å². The Labute approximate surface area is 45.8 Å². The van der Waals surface area contributed by atoms with Crippen LogP contribution in [0.2, 0.25) is 0 Å². The average Bonchev–Trinajstić information content (AvgIpc) is 1.39. The fraction of sp³-hybridized carbons (Fsp3) is 1.00. The summed E-state index contributed by atoms with van der Waals surface area (Å²) in [6.45, 7) is 3.86. The lowest BCUT2D eigenvalue weighted by Crippen LogP contribution is -1.57. The maximum absolute atomic E-state index is 7.57. The third-order valence-corrected chi connectivity index (χ3v) is 0. The summed E-state index contributed by atoms with van der Waals surface area (Å²) in [7, 11) is 0. The summed E-state index contributed by atoms with van der Waals surface area (Å²) in [5.41, 5.74) is 0. The van der Waals surface area contributed by atoms with Crippen molar-refractivity contribution >= 4 is 0 Å². The summed E-state index contributed by atoms with van der Waals surface area (Å²) in [4.78, 5) is 0. The second kappa shape index (κ2) is 38.9. The topological polar surface area (TPSA) is 40.5 Å². The molecule has 0 saturated heterocycles. The van der Waals surface area contributed by atoms with E-state index in [0.29, 0.717) is 0 Å². The monoisotopic (exact) mass is 108 g/mol. The summed E-state index contributed by atoms with van der Waals surface area (Å²) < 4.78 is 0. The van der Waals surface area contributed by atoms with E-state index in [1.165, 1.54) is 0 Å². The summed E-state index contributed by atoms with van der Waals surface area (Å²) in [6.07, 6.45) is 0. The van der Waals surface area contributed by atoms with Gasteiger partial charge in [0, 0.05) is 13.2 Å². The van der Waals surface area contributed by atoms with Gasteiger partial charge in [0.2, 0.25) is 0 Å². The van der Waals surface area contributed by atoms with Crippen molar-refractivity contribution in [2.45, 2.75) is 21.3 Å². The highest BCUT2D eigenvalue weighted by molar-refractivity contribution is 3.84. The van der Waals surface area contributed by atoms with E-state index >= 15 is 0 Å². The van der Waals surface area contributed by atoms with E-state index in [4.69, 9.17) is 10.2 Å². The minimum Gasteiger partial charge on any atom is -0.397 e. The molecule has 0 bridgehead atoms. The number of rotatable bonds is 0. The lowest BCUT2D eigenvalue weighted by Gasteiger charge is -1.52. The van der Waals surface area contributed by atoms with Crippen molar-refractivity contribution in [1.82, 2.24) is 0 Å². The predicted octanol–water partition coefficient (Wildman–Crippen LogP) is 0.633. The SMILES string of the molecule is C.CCO.CCO. The normalized spacial score (nSPS) is 5.14. The van der Waals surface area contributed by atoms with Crippen LogP contribution in [0.3, 0.4) is 0 Å². The van der Waals surface area contributed by atoms with Gasteiger partial charge < -0.3 is 10.2 Å². The van der Waals surface area contributed by atoms with Crippen LogP contribution in [0.4, 0.5) is 0 Å². The van der Waals surface area contributed by atoms with Gasteiger partial charge in [-0.1, -0.05) is 7.43 Å². The molecule has 2 N–H and O–H groups in total. The molecule has 0 aromatic heterocycles. The van der Waals surface area contributed by atoms with Gasteiger partial charge in [-0.15, -0.1) is 0 Å². The van der Waals surface area contributed by atoms with Crippen LogP contribution in [0.5, 0.6) is 0 Å². The van der Waals surface area contributed by atoms with Crippen LogP contribution in [0.15, 0.2) is 0 Å². The largest absolute Gasteiger partial charge is 0.397 e. The second-order valence-corrected chi connectivity index (χ2v) is 0.632. The zero-order valence-corrected chi connectivity index (χ0v) is 4.31. The maximum atomic E-state index is 7.57. The first-order valence-corrected chi connectivity index (χ1v) is 2.05. The fourth-order valence-electron chi connectivity index (χ4n) is 0. The Morgan fingerprint density at radius 1 is 1.00 bits per heavy atom. The molecule has 2 heteroatoms. The van der Waals surface area contributed by atoms with Crippen LogP contribution in [0.1, 0.15) is 21.3 Å². The van der Waals surface area contributed by atoms with Gasteiger partial charge in [-0.05, 0) is 13.8 Å². The third-order valence-electron chi connectivity index (χ3n) is 0.